The van der Waals surface area contributed by atoms with Crippen molar-refractivity contribution in [3.05, 3.63) is 39.9 Å². The van der Waals surface area contributed by atoms with Crippen molar-refractivity contribution in [3.8, 4) is 0 Å². The van der Waals surface area contributed by atoms with Gasteiger partial charge in [0.05, 0.1) is 4.92 Å². The Morgan fingerprint density at radius 3 is 2.85 bits per heavy atom. The van der Waals surface area contributed by atoms with Crippen LogP contribution in [0.25, 0.3) is 0 Å². The Morgan fingerprint density at radius 2 is 2.05 bits per heavy atom. The molecule has 2 aliphatic rings. The smallest absolute Gasteiger partial charge is 0.282 e. The first kappa shape index (κ1) is 13.1. The first-order chi connectivity index (χ1) is 9.66. The van der Waals surface area contributed by atoms with Crippen LogP contribution >= 0.6 is 0 Å². The third-order valence-electron chi connectivity index (χ3n) is 4.32. The van der Waals surface area contributed by atoms with Gasteiger partial charge in [-0.05, 0) is 37.4 Å². The van der Waals surface area contributed by atoms with E-state index in [-0.39, 0.29) is 17.2 Å². The van der Waals surface area contributed by atoms with Crippen LogP contribution in [0.4, 0.5) is 5.69 Å². The minimum atomic E-state index is -0.489. The zero-order valence-electron chi connectivity index (χ0n) is 11.1. The Labute approximate surface area is 116 Å². The lowest BCUT2D eigenvalue weighted by Crippen LogP contribution is -2.43. The van der Waals surface area contributed by atoms with Gasteiger partial charge in [0.1, 0.15) is 5.56 Å². The van der Waals surface area contributed by atoms with Gasteiger partial charge in [-0.2, -0.15) is 0 Å². The third kappa shape index (κ3) is 2.27. The van der Waals surface area contributed by atoms with Gasteiger partial charge in [-0.3, -0.25) is 14.9 Å². The van der Waals surface area contributed by atoms with Gasteiger partial charge < -0.3 is 10.2 Å². The Hall–Kier alpha value is -1.95. The Balaban J connectivity index is 1.81. The highest BCUT2D eigenvalue weighted by Gasteiger charge is 2.35. The van der Waals surface area contributed by atoms with Crippen LogP contribution in [0, 0.1) is 22.0 Å². The monoisotopic (exact) mass is 275 g/mol. The summed E-state index contributed by atoms with van der Waals surface area (Å²) in [7, 11) is 0. The van der Waals surface area contributed by atoms with Crippen molar-refractivity contribution in [2.24, 2.45) is 11.8 Å². The Kier molecular flexibility index (Phi) is 3.40. The van der Waals surface area contributed by atoms with Gasteiger partial charge in [-0.25, -0.2) is 0 Å². The predicted octanol–water partition coefficient (Wildman–Crippen LogP) is 1.28. The van der Waals surface area contributed by atoms with E-state index in [4.69, 9.17) is 0 Å². The van der Waals surface area contributed by atoms with E-state index < -0.39 is 4.92 Å². The first-order valence-corrected chi connectivity index (χ1v) is 6.90. The molecule has 2 heterocycles. The summed E-state index contributed by atoms with van der Waals surface area (Å²) in [6.07, 6.45) is 0.976. The molecule has 20 heavy (non-hydrogen) atoms. The van der Waals surface area contributed by atoms with Gasteiger partial charge in [-0.15, -0.1) is 0 Å². The number of hydrogen-bond donors (Lipinski definition) is 1. The molecule has 2 saturated heterocycles. The van der Waals surface area contributed by atoms with Gasteiger partial charge in [0.25, 0.3) is 11.6 Å². The second-order valence-electron chi connectivity index (χ2n) is 5.49. The van der Waals surface area contributed by atoms with Crippen molar-refractivity contribution in [1.29, 1.82) is 0 Å². The SMILES string of the molecule is O=C(c1ccccc1[N+](=O)[O-])N1CCC2CNCC2C1. The molecule has 1 amide bonds. The van der Waals surface area contributed by atoms with E-state index in [0.29, 0.717) is 24.9 Å². The van der Waals surface area contributed by atoms with Crippen LogP contribution in [-0.4, -0.2) is 41.9 Å². The molecule has 6 heteroatoms. The summed E-state index contributed by atoms with van der Waals surface area (Å²) < 4.78 is 0. The number of carbonyl (C=O) groups excluding carboxylic acids is 1. The second kappa shape index (κ2) is 5.20. The maximum Gasteiger partial charge on any atom is 0.282 e. The fourth-order valence-electron chi connectivity index (χ4n) is 3.20. The zero-order chi connectivity index (χ0) is 14.1. The molecule has 0 saturated carbocycles. The van der Waals surface area contributed by atoms with Crippen LogP contribution < -0.4 is 5.32 Å². The number of benzene rings is 1. The van der Waals surface area contributed by atoms with Crippen LogP contribution in [0.5, 0.6) is 0 Å². The molecule has 2 aliphatic heterocycles. The normalized spacial score (nSPS) is 25.3. The molecule has 2 atom stereocenters. The molecular weight excluding hydrogens is 258 g/mol. The molecule has 0 spiro atoms. The molecule has 1 N–H and O–H groups in total. The number of nitrogens with one attached hydrogen (secondary N) is 1. The molecule has 3 rings (SSSR count). The second-order valence-corrected chi connectivity index (χ2v) is 5.49. The number of hydrogen-bond acceptors (Lipinski definition) is 4. The van der Waals surface area contributed by atoms with Crippen LogP contribution in [0.2, 0.25) is 0 Å². The molecular formula is C14H17N3O3. The van der Waals surface area contributed by atoms with Crippen molar-refractivity contribution in [3.63, 3.8) is 0 Å². The van der Waals surface area contributed by atoms with Crippen molar-refractivity contribution < 1.29 is 9.72 Å². The average Bonchev–Trinajstić information content (AvgIpc) is 2.93. The lowest BCUT2D eigenvalue weighted by atomic mass is 9.88. The van der Waals surface area contributed by atoms with Crippen LogP contribution in [0.3, 0.4) is 0 Å². The molecule has 0 aromatic heterocycles. The number of nitro benzene ring substituents is 1. The number of fused-ring (bicyclic) bond motifs is 1. The number of likely N-dealkylation sites (tertiary alicyclic amines) is 1. The number of carbonyl (C=O) groups is 1. The number of nitro groups is 1. The maximum atomic E-state index is 12.5. The number of para-hydroxylation sites is 1. The minimum absolute atomic E-state index is 0.107. The van der Waals surface area contributed by atoms with Crippen LogP contribution in [0.15, 0.2) is 24.3 Å². The molecule has 0 bridgehead atoms. The van der Waals surface area contributed by atoms with Crippen molar-refractivity contribution in [2.45, 2.75) is 6.42 Å². The Morgan fingerprint density at radius 1 is 1.30 bits per heavy atom. The average molecular weight is 275 g/mol. The van der Waals surface area contributed by atoms with Crippen LogP contribution in [0.1, 0.15) is 16.8 Å². The predicted molar refractivity (Wildman–Crippen MR) is 73.5 cm³/mol. The summed E-state index contributed by atoms with van der Waals surface area (Å²) in [4.78, 5) is 24.8. The quantitative estimate of drug-likeness (QED) is 0.651. The standard InChI is InChI=1S/C14H17N3O3/c18-14(12-3-1-2-4-13(12)17(19)20)16-6-5-10-7-15-8-11(10)9-16/h1-4,10-11,15H,5-9H2. The lowest BCUT2D eigenvalue weighted by molar-refractivity contribution is -0.385. The van der Waals surface area contributed by atoms with Crippen molar-refractivity contribution in [2.75, 3.05) is 26.2 Å². The maximum absolute atomic E-state index is 12.5. The van der Waals surface area contributed by atoms with Gasteiger partial charge >= 0.3 is 0 Å². The van der Waals surface area contributed by atoms with Crippen LogP contribution in [-0.2, 0) is 0 Å². The van der Waals surface area contributed by atoms with E-state index in [1.807, 2.05) is 0 Å². The topological polar surface area (TPSA) is 75.5 Å². The number of nitrogens with zero attached hydrogens (tertiary/aromatic N) is 2. The summed E-state index contributed by atoms with van der Waals surface area (Å²) in [6.45, 7) is 3.35. The largest absolute Gasteiger partial charge is 0.338 e. The summed E-state index contributed by atoms with van der Waals surface area (Å²) >= 11 is 0. The van der Waals surface area contributed by atoms with Crippen molar-refractivity contribution >= 4 is 11.6 Å². The zero-order valence-corrected chi connectivity index (χ0v) is 11.1. The first-order valence-electron chi connectivity index (χ1n) is 6.90. The van der Waals surface area contributed by atoms with E-state index in [1.165, 1.54) is 6.07 Å². The fraction of sp³-hybridized carbons (Fsp3) is 0.500. The number of rotatable bonds is 2. The molecule has 2 unspecified atom stereocenters. The molecule has 0 radical (unpaired) electrons. The van der Waals surface area contributed by atoms with Gasteiger partial charge in [-0.1, -0.05) is 12.1 Å². The third-order valence-corrected chi connectivity index (χ3v) is 4.32. The summed E-state index contributed by atoms with van der Waals surface area (Å²) in [6, 6.07) is 6.18. The molecule has 0 aliphatic carbocycles. The van der Waals surface area contributed by atoms with E-state index in [0.717, 1.165) is 19.5 Å². The number of piperidine rings is 1. The minimum Gasteiger partial charge on any atom is -0.338 e. The van der Waals surface area contributed by atoms with E-state index in [2.05, 4.69) is 5.32 Å². The van der Waals surface area contributed by atoms with E-state index >= 15 is 0 Å². The van der Waals surface area contributed by atoms with Crippen molar-refractivity contribution in [1.82, 2.24) is 10.2 Å². The highest BCUT2D eigenvalue weighted by atomic mass is 16.6. The molecule has 2 fully saturated rings. The van der Waals surface area contributed by atoms with E-state index in [1.54, 1.807) is 23.1 Å². The van der Waals surface area contributed by atoms with E-state index in [9.17, 15) is 14.9 Å². The molecule has 6 nitrogen and oxygen atoms in total. The summed E-state index contributed by atoms with van der Waals surface area (Å²) in [5.41, 5.74) is 0.0890. The summed E-state index contributed by atoms with van der Waals surface area (Å²) in [5.74, 6) is 0.905. The van der Waals surface area contributed by atoms with Gasteiger partial charge in [0, 0.05) is 19.2 Å². The molecule has 1 aromatic carbocycles. The highest BCUT2D eigenvalue weighted by molar-refractivity contribution is 5.98. The fourth-order valence-corrected chi connectivity index (χ4v) is 3.20. The Bertz CT molecular complexity index is 546. The molecule has 1 aromatic rings. The lowest BCUT2D eigenvalue weighted by Gasteiger charge is -2.34. The highest BCUT2D eigenvalue weighted by Crippen LogP contribution is 2.28. The van der Waals surface area contributed by atoms with Gasteiger partial charge in [0.2, 0.25) is 0 Å². The summed E-state index contributed by atoms with van der Waals surface area (Å²) in [5, 5.41) is 14.4. The number of amides is 1. The van der Waals surface area contributed by atoms with Gasteiger partial charge in [0.15, 0.2) is 0 Å². The molecule has 106 valence electrons.